The highest BCUT2D eigenvalue weighted by molar-refractivity contribution is 5.64. The van der Waals surface area contributed by atoms with E-state index in [0.717, 1.165) is 0 Å². The lowest BCUT2D eigenvalue weighted by atomic mass is 10.1. The number of phenolic OH excluding ortho intramolecular Hbond substituents is 1. The van der Waals surface area contributed by atoms with Crippen LogP contribution in [0.1, 0.15) is 5.69 Å². The minimum Gasteiger partial charge on any atom is -0.508 e. The minimum atomic E-state index is 0.135. The molecule has 0 aliphatic rings. The van der Waals surface area contributed by atoms with Crippen LogP contribution in [0.5, 0.6) is 5.75 Å². The van der Waals surface area contributed by atoms with Gasteiger partial charge in [0.1, 0.15) is 11.8 Å². The van der Waals surface area contributed by atoms with Gasteiger partial charge >= 0.3 is 0 Å². The quantitative estimate of drug-likeness (QED) is 0.727. The van der Waals surface area contributed by atoms with E-state index in [4.69, 9.17) is 10.4 Å². The minimum absolute atomic E-state index is 0.135. The smallest absolute Gasteiger partial charge is 0.212 e. The van der Waals surface area contributed by atoms with Crippen LogP contribution >= 0.6 is 0 Å². The van der Waals surface area contributed by atoms with Gasteiger partial charge in [0.25, 0.3) is 0 Å². The first-order valence-corrected chi connectivity index (χ1v) is 3.83. The van der Waals surface area contributed by atoms with Crippen molar-refractivity contribution in [3.05, 3.63) is 30.0 Å². The predicted molar refractivity (Wildman–Crippen MR) is 46.1 cm³/mol. The molecule has 1 N–H and O–H groups in total. The molecular formula is C9H5N3O2. The van der Waals surface area contributed by atoms with Crippen molar-refractivity contribution in [2.45, 2.75) is 0 Å². The van der Waals surface area contributed by atoms with Gasteiger partial charge in [-0.3, -0.25) is 0 Å². The molecule has 2 aromatic rings. The van der Waals surface area contributed by atoms with E-state index in [1.54, 1.807) is 12.1 Å². The van der Waals surface area contributed by atoms with Crippen LogP contribution in [0.2, 0.25) is 0 Å². The normalized spacial score (nSPS) is 9.64. The Labute approximate surface area is 79.2 Å². The van der Waals surface area contributed by atoms with Gasteiger partial charge in [0.15, 0.2) is 5.69 Å². The number of hydrogen-bond acceptors (Lipinski definition) is 5. The van der Waals surface area contributed by atoms with Crippen molar-refractivity contribution >= 4 is 0 Å². The molecule has 0 unspecified atom stereocenters. The molecule has 1 aromatic carbocycles. The average molecular weight is 187 g/mol. The number of benzene rings is 1. The molecule has 1 aromatic heterocycles. The Bertz CT molecular complexity index is 482. The first-order valence-electron chi connectivity index (χ1n) is 3.83. The highest BCUT2D eigenvalue weighted by Gasteiger charge is 2.10. The van der Waals surface area contributed by atoms with Crippen LogP contribution < -0.4 is 0 Å². The second-order valence-electron chi connectivity index (χ2n) is 2.62. The Morgan fingerprint density at radius 2 is 1.93 bits per heavy atom. The molecule has 5 heteroatoms. The van der Waals surface area contributed by atoms with Crippen LogP contribution in [0, 0.1) is 11.3 Å². The van der Waals surface area contributed by atoms with Crippen molar-refractivity contribution in [1.82, 2.24) is 10.3 Å². The number of rotatable bonds is 1. The molecule has 1 heterocycles. The zero-order valence-corrected chi connectivity index (χ0v) is 7.01. The first-order chi connectivity index (χ1) is 6.81. The summed E-state index contributed by atoms with van der Waals surface area (Å²) in [7, 11) is 0. The Kier molecular flexibility index (Phi) is 1.88. The van der Waals surface area contributed by atoms with Gasteiger partial charge in [-0.1, -0.05) is 0 Å². The fraction of sp³-hybridized carbons (Fsp3) is 0. The second-order valence-corrected chi connectivity index (χ2v) is 2.62. The van der Waals surface area contributed by atoms with Gasteiger partial charge in [-0.2, -0.15) is 5.26 Å². The number of aromatic nitrogens is 2. The number of aromatic hydroxyl groups is 1. The highest BCUT2D eigenvalue weighted by Crippen LogP contribution is 2.21. The Morgan fingerprint density at radius 3 is 2.57 bits per heavy atom. The summed E-state index contributed by atoms with van der Waals surface area (Å²) in [5, 5.41) is 24.7. The lowest BCUT2D eigenvalue weighted by molar-refractivity contribution is 0.307. The van der Waals surface area contributed by atoms with Gasteiger partial charge in [0.2, 0.25) is 5.69 Å². The maximum absolute atomic E-state index is 9.06. The lowest BCUT2D eigenvalue weighted by Gasteiger charge is -1.94. The van der Waals surface area contributed by atoms with Crippen molar-refractivity contribution in [3.8, 4) is 23.1 Å². The molecule has 0 atom stereocenters. The molecule has 5 nitrogen and oxygen atoms in total. The van der Waals surface area contributed by atoms with Crippen LogP contribution in [0.25, 0.3) is 11.3 Å². The average Bonchev–Trinajstić information content (AvgIpc) is 2.67. The van der Waals surface area contributed by atoms with E-state index in [9.17, 15) is 0 Å². The predicted octanol–water partition coefficient (Wildman–Crippen LogP) is 1.31. The summed E-state index contributed by atoms with van der Waals surface area (Å²) >= 11 is 0. The highest BCUT2D eigenvalue weighted by atomic mass is 16.6. The Hall–Kier alpha value is -2.35. The SMILES string of the molecule is N#Cc1nonc1-c1ccc(O)cc1. The van der Waals surface area contributed by atoms with Crippen LogP contribution in [-0.2, 0) is 0 Å². The second kappa shape index (κ2) is 3.18. The van der Waals surface area contributed by atoms with Crippen molar-refractivity contribution in [3.63, 3.8) is 0 Å². The third-order valence-corrected chi connectivity index (χ3v) is 1.74. The summed E-state index contributed by atoms with van der Waals surface area (Å²) in [6.45, 7) is 0. The number of phenols is 1. The van der Waals surface area contributed by atoms with E-state index in [1.165, 1.54) is 12.1 Å². The molecule has 0 saturated carbocycles. The largest absolute Gasteiger partial charge is 0.508 e. The van der Waals surface area contributed by atoms with E-state index in [1.807, 2.05) is 6.07 Å². The molecule has 0 amide bonds. The third kappa shape index (κ3) is 1.29. The molecule has 68 valence electrons. The van der Waals surface area contributed by atoms with E-state index in [0.29, 0.717) is 11.3 Å². The summed E-state index contributed by atoms with van der Waals surface area (Å²) in [5.74, 6) is 0.156. The van der Waals surface area contributed by atoms with E-state index in [2.05, 4.69) is 14.9 Å². The van der Waals surface area contributed by atoms with Gasteiger partial charge in [0, 0.05) is 5.56 Å². The Balaban J connectivity index is 2.50. The standard InChI is InChI=1S/C9H5N3O2/c10-5-8-9(12-14-11-8)6-1-3-7(13)4-2-6/h1-4,13H. The van der Waals surface area contributed by atoms with Crippen LogP contribution in [-0.4, -0.2) is 15.4 Å². The molecule has 0 bridgehead atoms. The molecule has 0 radical (unpaired) electrons. The Morgan fingerprint density at radius 1 is 1.21 bits per heavy atom. The van der Waals surface area contributed by atoms with Gasteiger partial charge in [-0.15, -0.1) is 0 Å². The van der Waals surface area contributed by atoms with Crippen molar-refractivity contribution in [1.29, 1.82) is 5.26 Å². The molecule has 14 heavy (non-hydrogen) atoms. The van der Waals surface area contributed by atoms with Crippen LogP contribution in [0.3, 0.4) is 0 Å². The summed E-state index contributed by atoms with van der Waals surface area (Å²) < 4.78 is 4.44. The topological polar surface area (TPSA) is 82.9 Å². The summed E-state index contributed by atoms with van der Waals surface area (Å²) in [4.78, 5) is 0. The number of nitrogens with zero attached hydrogens (tertiary/aromatic N) is 3. The van der Waals surface area contributed by atoms with Crippen molar-refractivity contribution in [2.24, 2.45) is 0 Å². The molecule has 0 spiro atoms. The van der Waals surface area contributed by atoms with Gasteiger partial charge in [0.05, 0.1) is 0 Å². The van der Waals surface area contributed by atoms with Gasteiger partial charge in [-0.05, 0) is 34.6 Å². The van der Waals surface area contributed by atoms with Crippen LogP contribution in [0.15, 0.2) is 28.9 Å². The summed E-state index contributed by atoms with van der Waals surface area (Å²) in [6, 6.07) is 8.14. The molecule has 2 rings (SSSR count). The maximum Gasteiger partial charge on any atom is 0.212 e. The van der Waals surface area contributed by atoms with Gasteiger partial charge < -0.3 is 5.11 Å². The third-order valence-electron chi connectivity index (χ3n) is 1.74. The zero-order chi connectivity index (χ0) is 9.97. The summed E-state index contributed by atoms with van der Waals surface area (Å²) in [6.07, 6.45) is 0. The van der Waals surface area contributed by atoms with Gasteiger partial charge in [-0.25, -0.2) is 4.63 Å². The van der Waals surface area contributed by atoms with E-state index >= 15 is 0 Å². The zero-order valence-electron chi connectivity index (χ0n) is 7.01. The molecular weight excluding hydrogens is 182 g/mol. The van der Waals surface area contributed by atoms with Crippen LogP contribution in [0.4, 0.5) is 0 Å². The van der Waals surface area contributed by atoms with E-state index < -0.39 is 0 Å². The van der Waals surface area contributed by atoms with Crippen molar-refractivity contribution < 1.29 is 9.74 Å². The lowest BCUT2D eigenvalue weighted by Crippen LogP contribution is -1.81. The molecule has 0 saturated heterocycles. The number of nitriles is 1. The first kappa shape index (κ1) is 8.26. The summed E-state index contributed by atoms with van der Waals surface area (Å²) in [5.41, 5.74) is 1.20. The molecule has 0 fully saturated rings. The number of hydrogen-bond donors (Lipinski definition) is 1. The van der Waals surface area contributed by atoms with Crippen molar-refractivity contribution in [2.75, 3.05) is 0 Å². The fourth-order valence-electron chi connectivity index (χ4n) is 1.07. The molecule has 0 aliphatic carbocycles. The maximum atomic E-state index is 9.06. The molecule has 0 aliphatic heterocycles. The fourth-order valence-corrected chi connectivity index (χ4v) is 1.07. The monoisotopic (exact) mass is 187 g/mol. The van der Waals surface area contributed by atoms with E-state index in [-0.39, 0.29) is 11.4 Å².